The fourth-order valence-electron chi connectivity index (χ4n) is 2.37. The Kier molecular flexibility index (Phi) is 6.54. The molecule has 1 aliphatic heterocycles. The van der Waals surface area contributed by atoms with Gasteiger partial charge in [-0.25, -0.2) is 4.79 Å². The van der Waals surface area contributed by atoms with Crippen LogP contribution in [0.15, 0.2) is 17.7 Å². The van der Waals surface area contributed by atoms with Gasteiger partial charge in [0.15, 0.2) is 0 Å². The Hall–Kier alpha value is -2.15. The predicted molar refractivity (Wildman–Crippen MR) is 96.0 cm³/mol. The summed E-state index contributed by atoms with van der Waals surface area (Å²) in [6.07, 6.45) is 6.07. The summed E-state index contributed by atoms with van der Waals surface area (Å²) < 4.78 is 0. The van der Waals surface area contributed by atoms with E-state index < -0.39 is 17.8 Å². The Morgan fingerprint density at radius 1 is 1.00 bits per heavy atom. The second-order valence-electron chi connectivity index (χ2n) is 5.67. The molecule has 0 spiro atoms. The summed E-state index contributed by atoms with van der Waals surface area (Å²) in [5.41, 5.74) is -0.0448. The minimum atomic E-state index is -0.778. The molecule has 1 aliphatic rings. The first kappa shape index (κ1) is 18.2. The number of thiophene rings is 1. The number of carbonyl (C=O) groups is 3. The van der Waals surface area contributed by atoms with Crippen molar-refractivity contribution in [1.29, 1.82) is 0 Å². The lowest BCUT2D eigenvalue weighted by Gasteiger charge is -2.22. The van der Waals surface area contributed by atoms with Gasteiger partial charge in [0.2, 0.25) is 0 Å². The van der Waals surface area contributed by atoms with E-state index in [2.05, 4.69) is 29.4 Å². The van der Waals surface area contributed by atoms with Crippen molar-refractivity contribution in [3.8, 4) is 0 Å². The Morgan fingerprint density at radius 3 is 2.12 bits per heavy atom. The third-order valence-electron chi connectivity index (χ3n) is 3.72. The molecular weight excluding hydrogens is 326 g/mol. The Labute approximate surface area is 145 Å². The normalized spacial score (nSPS) is 14.4. The fraction of sp³-hybridized carbons (Fsp3) is 0.471. The quantitative estimate of drug-likeness (QED) is 0.559. The van der Waals surface area contributed by atoms with Gasteiger partial charge >= 0.3 is 6.03 Å². The second-order valence-corrected chi connectivity index (χ2v) is 6.76. The first-order valence-corrected chi connectivity index (χ1v) is 9.10. The highest BCUT2D eigenvalue weighted by Crippen LogP contribution is 2.28. The minimum absolute atomic E-state index is 0.0448. The minimum Gasteiger partial charge on any atom is -0.363 e. The number of carbonyl (C=O) groups excluding carboxylic acids is 3. The highest BCUT2D eigenvalue weighted by Gasteiger charge is 2.27. The Balaban J connectivity index is 2.15. The van der Waals surface area contributed by atoms with Gasteiger partial charge in [-0.3, -0.25) is 20.2 Å². The van der Waals surface area contributed by atoms with Gasteiger partial charge in [0, 0.05) is 18.0 Å². The van der Waals surface area contributed by atoms with Crippen LogP contribution in [0.3, 0.4) is 0 Å². The first-order valence-electron chi connectivity index (χ1n) is 8.28. The molecule has 4 amide bonds. The van der Waals surface area contributed by atoms with Crippen molar-refractivity contribution >= 4 is 40.3 Å². The summed E-state index contributed by atoms with van der Waals surface area (Å²) in [5, 5.41) is 5.30. The lowest BCUT2D eigenvalue weighted by atomic mass is 10.1. The van der Waals surface area contributed by atoms with Crippen molar-refractivity contribution in [1.82, 2.24) is 10.6 Å². The molecule has 130 valence electrons. The highest BCUT2D eigenvalue weighted by atomic mass is 32.1. The largest absolute Gasteiger partial charge is 0.363 e. The van der Waals surface area contributed by atoms with Gasteiger partial charge in [0.05, 0.1) is 5.00 Å². The maximum atomic E-state index is 11.8. The number of anilines is 1. The molecule has 1 aromatic rings. The number of urea groups is 1. The van der Waals surface area contributed by atoms with Gasteiger partial charge in [-0.15, -0.1) is 11.3 Å². The van der Waals surface area contributed by atoms with Gasteiger partial charge in [-0.1, -0.05) is 26.7 Å². The van der Waals surface area contributed by atoms with E-state index in [0.717, 1.165) is 48.7 Å². The van der Waals surface area contributed by atoms with E-state index >= 15 is 0 Å². The zero-order valence-corrected chi connectivity index (χ0v) is 14.9. The van der Waals surface area contributed by atoms with E-state index in [0.29, 0.717) is 0 Å². The molecule has 0 bridgehead atoms. The fourth-order valence-corrected chi connectivity index (χ4v) is 3.37. The number of hydrogen-bond acceptors (Lipinski definition) is 5. The van der Waals surface area contributed by atoms with Crippen molar-refractivity contribution in [3.63, 3.8) is 0 Å². The molecule has 0 unspecified atom stereocenters. The van der Waals surface area contributed by atoms with Crippen LogP contribution in [0.1, 0.15) is 44.4 Å². The molecule has 0 aliphatic carbocycles. The van der Waals surface area contributed by atoms with E-state index in [1.54, 1.807) is 11.3 Å². The second kappa shape index (κ2) is 8.63. The molecule has 0 saturated carbocycles. The van der Waals surface area contributed by atoms with Crippen molar-refractivity contribution in [2.45, 2.75) is 39.5 Å². The molecule has 0 atom stereocenters. The van der Waals surface area contributed by atoms with Crippen molar-refractivity contribution in [2.24, 2.45) is 0 Å². The summed E-state index contributed by atoms with van der Waals surface area (Å²) in [6.45, 7) is 6.35. The zero-order chi connectivity index (χ0) is 17.5. The molecule has 7 heteroatoms. The summed E-state index contributed by atoms with van der Waals surface area (Å²) in [5.74, 6) is -1.32. The maximum absolute atomic E-state index is 11.8. The summed E-state index contributed by atoms with van der Waals surface area (Å²) in [4.78, 5) is 37.8. The van der Waals surface area contributed by atoms with Gasteiger partial charge < -0.3 is 4.90 Å². The lowest BCUT2D eigenvalue weighted by Crippen LogP contribution is -2.51. The molecule has 6 nitrogen and oxygen atoms in total. The van der Waals surface area contributed by atoms with Crippen LogP contribution < -0.4 is 15.5 Å². The lowest BCUT2D eigenvalue weighted by molar-refractivity contribution is -0.123. The smallest absolute Gasteiger partial charge is 0.328 e. The monoisotopic (exact) mass is 349 g/mol. The van der Waals surface area contributed by atoms with Crippen molar-refractivity contribution < 1.29 is 14.4 Å². The van der Waals surface area contributed by atoms with Crippen LogP contribution in [0.4, 0.5) is 9.80 Å². The molecule has 0 radical (unpaired) electrons. The third-order valence-corrected chi connectivity index (χ3v) is 4.81. The number of hydrogen-bond donors (Lipinski definition) is 2. The maximum Gasteiger partial charge on any atom is 0.328 e. The summed E-state index contributed by atoms with van der Waals surface area (Å²) in [6, 6.07) is 3.14. The Bertz CT molecular complexity index is 621. The van der Waals surface area contributed by atoms with E-state index in [9.17, 15) is 14.4 Å². The van der Waals surface area contributed by atoms with Crippen molar-refractivity contribution in [2.75, 3.05) is 18.0 Å². The number of unbranched alkanes of at least 4 members (excludes halogenated alkanes) is 2. The number of rotatable bonds is 8. The number of nitrogens with zero attached hydrogens (tertiary/aromatic N) is 1. The molecule has 0 aromatic carbocycles. The average Bonchev–Trinajstić information content (AvgIpc) is 2.99. The molecule has 2 N–H and O–H groups in total. The number of barbiturate groups is 1. The third kappa shape index (κ3) is 4.67. The van der Waals surface area contributed by atoms with Crippen molar-refractivity contribution in [3.05, 3.63) is 22.6 Å². The van der Waals surface area contributed by atoms with Crippen LogP contribution in [-0.2, 0) is 9.59 Å². The van der Waals surface area contributed by atoms with Gasteiger partial charge in [-0.2, -0.15) is 0 Å². The molecule has 1 fully saturated rings. The predicted octanol–water partition coefficient (Wildman–Crippen LogP) is 2.90. The van der Waals surface area contributed by atoms with Gasteiger partial charge in [0.25, 0.3) is 11.8 Å². The molecule has 24 heavy (non-hydrogen) atoms. The molecule has 1 saturated heterocycles. The summed E-state index contributed by atoms with van der Waals surface area (Å²) in [7, 11) is 0. The van der Waals surface area contributed by atoms with Crippen LogP contribution in [0.5, 0.6) is 0 Å². The highest BCUT2D eigenvalue weighted by molar-refractivity contribution is 7.17. The molecule has 1 aromatic heterocycles. The van der Waals surface area contributed by atoms with Crippen LogP contribution >= 0.6 is 11.3 Å². The molecule has 2 rings (SSSR count). The van der Waals surface area contributed by atoms with Crippen LogP contribution in [0.25, 0.3) is 6.08 Å². The van der Waals surface area contributed by atoms with E-state index in [1.807, 2.05) is 12.1 Å². The zero-order valence-electron chi connectivity index (χ0n) is 14.1. The van der Waals surface area contributed by atoms with Crippen LogP contribution in [0.2, 0.25) is 0 Å². The average molecular weight is 349 g/mol. The topological polar surface area (TPSA) is 78.5 Å². The standard InChI is InChI=1S/C17H23N3O3S/c1-3-5-9-20(10-6-4-2)14-8-7-12(24-14)11-13-15(21)18-17(23)19-16(13)22/h7-8,11H,3-6,9-10H2,1-2H3,(H2,18,19,21,22,23). The van der Waals surface area contributed by atoms with Gasteiger partial charge in [0.1, 0.15) is 5.57 Å². The molecular formula is C17H23N3O3S. The number of imide groups is 2. The van der Waals surface area contributed by atoms with E-state index in [1.165, 1.54) is 6.08 Å². The van der Waals surface area contributed by atoms with Gasteiger partial charge in [-0.05, 0) is 31.1 Å². The number of amides is 4. The summed E-state index contributed by atoms with van der Waals surface area (Å²) >= 11 is 1.54. The van der Waals surface area contributed by atoms with E-state index in [4.69, 9.17) is 0 Å². The van der Waals surface area contributed by atoms with E-state index in [-0.39, 0.29) is 5.57 Å². The first-order chi connectivity index (χ1) is 11.5. The Morgan fingerprint density at radius 2 is 1.58 bits per heavy atom. The number of nitrogens with one attached hydrogen (secondary N) is 2. The SMILES string of the molecule is CCCCN(CCCC)c1ccc(C=C2C(=O)NC(=O)NC2=O)s1. The van der Waals surface area contributed by atoms with Crippen LogP contribution in [0, 0.1) is 0 Å². The van der Waals surface area contributed by atoms with Crippen LogP contribution in [-0.4, -0.2) is 30.9 Å². The molecule has 2 heterocycles.